The number of amides is 1. The molecule has 0 radical (unpaired) electrons. The van der Waals surface area contributed by atoms with Gasteiger partial charge in [0, 0.05) is 30.6 Å². The average molecular weight is 311 g/mol. The molecule has 1 aromatic carbocycles. The van der Waals surface area contributed by atoms with Crippen LogP contribution in [-0.2, 0) is 4.79 Å². The normalized spacial score (nSPS) is 12.4. The third-order valence-electron chi connectivity index (χ3n) is 3.30. The standard InChI is InChI=1S/C17H27ClN2O/c1-4-5-16(14-6-8-15(18)9-7-14)19-11-10-17(21)20-12-13(2)3/h6-9,13,16,19H,4-5,10-12H2,1-3H3,(H,20,21). The van der Waals surface area contributed by atoms with Gasteiger partial charge in [-0.3, -0.25) is 4.79 Å². The molecule has 0 heterocycles. The van der Waals surface area contributed by atoms with Gasteiger partial charge in [-0.25, -0.2) is 0 Å². The Balaban J connectivity index is 2.41. The smallest absolute Gasteiger partial charge is 0.221 e. The van der Waals surface area contributed by atoms with Crippen molar-refractivity contribution in [1.29, 1.82) is 0 Å². The Bertz CT molecular complexity index is 417. The van der Waals surface area contributed by atoms with Gasteiger partial charge in [-0.2, -0.15) is 0 Å². The van der Waals surface area contributed by atoms with Gasteiger partial charge in [0.2, 0.25) is 5.91 Å². The molecule has 1 atom stereocenters. The molecule has 0 saturated carbocycles. The van der Waals surface area contributed by atoms with Crippen molar-refractivity contribution in [2.24, 2.45) is 5.92 Å². The molecule has 118 valence electrons. The van der Waals surface area contributed by atoms with Crippen LogP contribution >= 0.6 is 11.6 Å². The summed E-state index contributed by atoms with van der Waals surface area (Å²) in [6.45, 7) is 7.79. The van der Waals surface area contributed by atoms with E-state index in [1.54, 1.807) is 0 Å². The van der Waals surface area contributed by atoms with E-state index in [0.29, 0.717) is 18.9 Å². The monoisotopic (exact) mass is 310 g/mol. The molecule has 2 N–H and O–H groups in total. The molecule has 3 nitrogen and oxygen atoms in total. The number of carbonyl (C=O) groups excluding carboxylic acids is 1. The average Bonchev–Trinajstić information content (AvgIpc) is 2.45. The lowest BCUT2D eigenvalue weighted by atomic mass is 10.0. The first kappa shape index (κ1) is 18.0. The molecule has 0 aromatic heterocycles. The minimum atomic E-state index is 0.113. The summed E-state index contributed by atoms with van der Waals surface area (Å²) in [5.74, 6) is 0.603. The van der Waals surface area contributed by atoms with E-state index in [4.69, 9.17) is 11.6 Å². The molecule has 21 heavy (non-hydrogen) atoms. The van der Waals surface area contributed by atoms with Crippen molar-refractivity contribution < 1.29 is 4.79 Å². The Morgan fingerprint density at radius 2 is 1.90 bits per heavy atom. The lowest BCUT2D eigenvalue weighted by molar-refractivity contribution is -0.121. The second-order valence-electron chi connectivity index (χ2n) is 5.79. The summed E-state index contributed by atoms with van der Waals surface area (Å²) in [6, 6.07) is 8.21. The molecule has 0 spiro atoms. The van der Waals surface area contributed by atoms with Gasteiger partial charge in [-0.1, -0.05) is 50.9 Å². The van der Waals surface area contributed by atoms with E-state index in [1.165, 1.54) is 5.56 Å². The molecule has 1 amide bonds. The van der Waals surface area contributed by atoms with Gasteiger partial charge >= 0.3 is 0 Å². The van der Waals surface area contributed by atoms with Crippen molar-refractivity contribution in [3.63, 3.8) is 0 Å². The first-order valence-electron chi connectivity index (χ1n) is 7.78. The van der Waals surface area contributed by atoms with Gasteiger partial charge < -0.3 is 10.6 Å². The second-order valence-corrected chi connectivity index (χ2v) is 6.23. The highest BCUT2D eigenvalue weighted by Gasteiger charge is 2.10. The summed E-state index contributed by atoms with van der Waals surface area (Å²) in [5, 5.41) is 7.16. The van der Waals surface area contributed by atoms with Crippen LogP contribution in [0.2, 0.25) is 5.02 Å². The van der Waals surface area contributed by atoms with E-state index in [2.05, 4.69) is 43.5 Å². The molecule has 1 unspecified atom stereocenters. The van der Waals surface area contributed by atoms with Crippen LogP contribution in [-0.4, -0.2) is 19.0 Å². The lowest BCUT2D eigenvalue weighted by Crippen LogP contribution is -2.31. The zero-order valence-electron chi connectivity index (χ0n) is 13.3. The quantitative estimate of drug-likeness (QED) is 0.725. The Labute approximate surface area is 133 Å². The van der Waals surface area contributed by atoms with E-state index < -0.39 is 0 Å². The van der Waals surface area contributed by atoms with Crippen LogP contribution < -0.4 is 10.6 Å². The molecular weight excluding hydrogens is 284 g/mol. The van der Waals surface area contributed by atoms with E-state index >= 15 is 0 Å². The Hall–Kier alpha value is -1.06. The van der Waals surface area contributed by atoms with Crippen LogP contribution in [0.4, 0.5) is 0 Å². The van der Waals surface area contributed by atoms with E-state index in [-0.39, 0.29) is 11.9 Å². The summed E-state index contributed by atoms with van der Waals surface area (Å²) in [7, 11) is 0. The fraction of sp³-hybridized carbons (Fsp3) is 0.588. The van der Waals surface area contributed by atoms with Crippen LogP contribution in [0.25, 0.3) is 0 Å². The van der Waals surface area contributed by atoms with Crippen LogP contribution in [0.3, 0.4) is 0 Å². The maximum atomic E-state index is 11.7. The summed E-state index contributed by atoms with van der Waals surface area (Å²) >= 11 is 5.93. The number of halogens is 1. The number of carbonyl (C=O) groups is 1. The van der Waals surface area contributed by atoms with Crippen LogP contribution in [0.1, 0.15) is 51.6 Å². The van der Waals surface area contributed by atoms with Crippen molar-refractivity contribution in [1.82, 2.24) is 10.6 Å². The molecule has 0 aliphatic rings. The molecular formula is C17H27ClN2O. The number of nitrogens with one attached hydrogen (secondary N) is 2. The Morgan fingerprint density at radius 1 is 1.24 bits per heavy atom. The molecule has 1 rings (SSSR count). The fourth-order valence-electron chi connectivity index (χ4n) is 2.14. The molecule has 0 saturated heterocycles. The number of hydrogen-bond donors (Lipinski definition) is 2. The molecule has 0 aliphatic heterocycles. The lowest BCUT2D eigenvalue weighted by Gasteiger charge is -2.19. The predicted molar refractivity (Wildman–Crippen MR) is 89.6 cm³/mol. The van der Waals surface area contributed by atoms with Gasteiger partial charge in [0.05, 0.1) is 0 Å². The highest BCUT2D eigenvalue weighted by molar-refractivity contribution is 6.30. The van der Waals surface area contributed by atoms with Gasteiger partial charge in [-0.15, -0.1) is 0 Å². The predicted octanol–water partition coefficient (Wildman–Crippen LogP) is 3.93. The first-order valence-corrected chi connectivity index (χ1v) is 8.16. The topological polar surface area (TPSA) is 41.1 Å². The van der Waals surface area contributed by atoms with Crippen molar-refractivity contribution in [3.05, 3.63) is 34.9 Å². The molecule has 4 heteroatoms. The zero-order valence-corrected chi connectivity index (χ0v) is 14.0. The second kappa shape index (κ2) is 9.80. The first-order chi connectivity index (χ1) is 10.0. The molecule has 1 aromatic rings. The highest BCUT2D eigenvalue weighted by Crippen LogP contribution is 2.20. The minimum Gasteiger partial charge on any atom is -0.356 e. The third kappa shape index (κ3) is 7.49. The highest BCUT2D eigenvalue weighted by atomic mass is 35.5. The maximum absolute atomic E-state index is 11.7. The third-order valence-corrected chi connectivity index (χ3v) is 3.55. The van der Waals surface area contributed by atoms with Crippen LogP contribution in [0.15, 0.2) is 24.3 Å². The Morgan fingerprint density at radius 3 is 2.48 bits per heavy atom. The Kier molecular flexibility index (Phi) is 8.40. The van der Waals surface area contributed by atoms with Crippen molar-refractivity contribution in [3.8, 4) is 0 Å². The van der Waals surface area contributed by atoms with Crippen molar-refractivity contribution >= 4 is 17.5 Å². The van der Waals surface area contributed by atoms with E-state index in [0.717, 1.165) is 24.4 Å². The van der Waals surface area contributed by atoms with Gasteiger partial charge in [0.15, 0.2) is 0 Å². The van der Waals surface area contributed by atoms with Crippen molar-refractivity contribution in [2.45, 2.75) is 46.1 Å². The SMILES string of the molecule is CCCC(NCCC(=O)NCC(C)C)c1ccc(Cl)cc1. The van der Waals surface area contributed by atoms with Gasteiger partial charge in [0.25, 0.3) is 0 Å². The zero-order chi connectivity index (χ0) is 15.7. The summed E-state index contributed by atoms with van der Waals surface area (Å²) in [4.78, 5) is 11.7. The number of rotatable bonds is 9. The van der Waals surface area contributed by atoms with Crippen molar-refractivity contribution in [2.75, 3.05) is 13.1 Å². The molecule has 0 bridgehead atoms. The summed E-state index contributed by atoms with van der Waals surface area (Å²) in [5.41, 5.74) is 1.23. The van der Waals surface area contributed by atoms with Crippen LogP contribution in [0, 0.1) is 5.92 Å². The molecule has 0 fully saturated rings. The molecule has 0 aliphatic carbocycles. The summed E-state index contributed by atoms with van der Waals surface area (Å²) < 4.78 is 0. The summed E-state index contributed by atoms with van der Waals surface area (Å²) in [6.07, 6.45) is 2.66. The minimum absolute atomic E-state index is 0.113. The van der Waals surface area contributed by atoms with Gasteiger partial charge in [0.1, 0.15) is 0 Å². The van der Waals surface area contributed by atoms with Crippen LogP contribution in [0.5, 0.6) is 0 Å². The van der Waals surface area contributed by atoms with E-state index in [9.17, 15) is 4.79 Å². The largest absolute Gasteiger partial charge is 0.356 e. The number of hydrogen-bond acceptors (Lipinski definition) is 2. The fourth-order valence-corrected chi connectivity index (χ4v) is 2.26. The maximum Gasteiger partial charge on any atom is 0.221 e. The number of benzene rings is 1. The van der Waals surface area contributed by atoms with Gasteiger partial charge in [-0.05, 0) is 30.0 Å². The van der Waals surface area contributed by atoms with E-state index in [1.807, 2.05) is 12.1 Å².